The topological polar surface area (TPSA) is 85.8 Å². The summed E-state index contributed by atoms with van der Waals surface area (Å²) in [4.78, 5) is 32.5. The molecule has 1 aromatic rings. The van der Waals surface area contributed by atoms with Gasteiger partial charge in [-0.05, 0) is 30.9 Å². The molecule has 3 rings (SSSR count). The van der Waals surface area contributed by atoms with Crippen molar-refractivity contribution < 1.29 is 9.59 Å². The van der Waals surface area contributed by atoms with Crippen molar-refractivity contribution in [2.24, 2.45) is 16.3 Å². The van der Waals surface area contributed by atoms with Gasteiger partial charge in [-0.15, -0.1) is 11.3 Å². The number of carbonyl (C=O) groups excluding carboxylic acids is 2. The number of rotatable bonds is 6. The van der Waals surface area contributed by atoms with Gasteiger partial charge in [-0.1, -0.05) is 13.8 Å². The number of likely N-dealkylation sites (N-methyl/N-ethyl adjacent to an activating group) is 1. The average molecular weight is 392 g/mol. The quantitative estimate of drug-likeness (QED) is 0.495. The summed E-state index contributed by atoms with van der Waals surface area (Å²) in [6, 6.07) is 1.84. The Labute approximate surface area is 164 Å². The molecule has 3 unspecified atom stereocenters. The van der Waals surface area contributed by atoms with E-state index in [-0.39, 0.29) is 35.9 Å². The van der Waals surface area contributed by atoms with Crippen LogP contribution < -0.4 is 16.0 Å². The molecule has 2 heterocycles. The molecular weight excluding hydrogens is 362 g/mol. The molecule has 2 aliphatic rings. The van der Waals surface area contributed by atoms with E-state index < -0.39 is 0 Å². The van der Waals surface area contributed by atoms with Crippen LogP contribution in [0.25, 0.3) is 0 Å². The first-order chi connectivity index (χ1) is 12.9. The van der Waals surface area contributed by atoms with Crippen molar-refractivity contribution in [1.29, 1.82) is 0 Å². The predicted molar refractivity (Wildman–Crippen MR) is 108 cm³/mol. The zero-order chi connectivity index (χ0) is 19.8. The molecule has 1 saturated carbocycles. The van der Waals surface area contributed by atoms with E-state index >= 15 is 0 Å². The Bertz CT molecular complexity index is 761. The van der Waals surface area contributed by atoms with Gasteiger partial charge in [-0.3, -0.25) is 14.6 Å². The van der Waals surface area contributed by atoms with Crippen LogP contribution in [-0.2, 0) is 16.1 Å². The van der Waals surface area contributed by atoms with E-state index in [2.05, 4.69) is 34.8 Å². The van der Waals surface area contributed by atoms with Crippen molar-refractivity contribution in [3.63, 3.8) is 0 Å². The Morgan fingerprint density at radius 2 is 2.15 bits per heavy atom. The summed E-state index contributed by atoms with van der Waals surface area (Å²) >= 11 is 1.59. The third kappa shape index (κ3) is 3.48. The van der Waals surface area contributed by atoms with Crippen molar-refractivity contribution in [3.05, 3.63) is 21.9 Å². The molecule has 2 amide bonds. The molecule has 8 heteroatoms. The summed E-state index contributed by atoms with van der Waals surface area (Å²) in [6.45, 7) is 5.08. The van der Waals surface area contributed by atoms with Crippen LogP contribution in [0.5, 0.6) is 0 Å². The number of amidine groups is 1. The van der Waals surface area contributed by atoms with E-state index in [1.165, 1.54) is 0 Å². The lowest BCUT2D eigenvalue weighted by molar-refractivity contribution is -0.139. The predicted octanol–water partition coefficient (Wildman–Crippen LogP) is 0.805. The zero-order valence-corrected chi connectivity index (χ0v) is 17.4. The maximum Gasteiger partial charge on any atom is 0.243 e. The smallest absolute Gasteiger partial charge is 0.243 e. The number of likely N-dealkylation sites (tertiary alicyclic amines) is 1. The van der Waals surface area contributed by atoms with Crippen LogP contribution in [0, 0.1) is 11.3 Å². The lowest BCUT2D eigenvalue weighted by Crippen LogP contribution is -2.50. The number of hydrogen-bond donors (Lipinski definition) is 3. The number of nitrogens with one attached hydrogen (secondary N) is 3. The number of piperidine rings is 1. The first kappa shape index (κ1) is 19.8. The number of carbonyl (C=O) groups is 2. The van der Waals surface area contributed by atoms with Gasteiger partial charge < -0.3 is 20.9 Å². The standard InChI is InChI=1S/C19H29N5O2S/c1-11-16-19(11,2)7-14(24(16)15(25)9-20-3)18(26)23-8-13-6-12(10-27-13)17(21-4)22-5/h6,10-11,14,16,20H,7-9H2,1-5H3,(H,21,22)(H,23,26)/t11?,14?,16?,19-/m1/s1. The fraction of sp³-hybridized carbons (Fsp3) is 0.632. The second-order valence-corrected chi connectivity index (χ2v) is 8.63. The summed E-state index contributed by atoms with van der Waals surface area (Å²) < 4.78 is 0. The highest BCUT2D eigenvalue weighted by Crippen LogP contribution is 2.63. The van der Waals surface area contributed by atoms with Gasteiger partial charge >= 0.3 is 0 Å². The lowest BCUT2D eigenvalue weighted by Gasteiger charge is -2.28. The summed E-state index contributed by atoms with van der Waals surface area (Å²) in [5.74, 6) is 1.22. The van der Waals surface area contributed by atoms with Gasteiger partial charge in [0, 0.05) is 36.0 Å². The number of hydrogen-bond acceptors (Lipinski definition) is 5. The Morgan fingerprint density at radius 3 is 2.78 bits per heavy atom. The molecule has 1 aliphatic heterocycles. The van der Waals surface area contributed by atoms with E-state index in [4.69, 9.17) is 0 Å². The fourth-order valence-corrected chi connectivity index (χ4v) is 5.22. The van der Waals surface area contributed by atoms with Crippen molar-refractivity contribution in [2.75, 3.05) is 27.7 Å². The maximum absolute atomic E-state index is 12.8. The Balaban J connectivity index is 1.64. The Hall–Kier alpha value is -1.93. The van der Waals surface area contributed by atoms with Gasteiger partial charge in [0.25, 0.3) is 0 Å². The van der Waals surface area contributed by atoms with E-state index in [9.17, 15) is 9.59 Å². The lowest BCUT2D eigenvalue weighted by atomic mass is 9.98. The van der Waals surface area contributed by atoms with E-state index in [0.29, 0.717) is 12.5 Å². The van der Waals surface area contributed by atoms with Gasteiger partial charge in [0.1, 0.15) is 11.9 Å². The van der Waals surface area contributed by atoms with E-state index in [1.807, 2.05) is 23.4 Å². The third-order valence-electron chi connectivity index (χ3n) is 6.09. The van der Waals surface area contributed by atoms with Gasteiger partial charge in [0.2, 0.25) is 11.8 Å². The molecule has 1 aromatic heterocycles. The molecule has 7 nitrogen and oxygen atoms in total. The normalized spacial score (nSPS) is 29.4. The first-order valence-corrected chi connectivity index (χ1v) is 10.2. The first-order valence-electron chi connectivity index (χ1n) is 9.33. The van der Waals surface area contributed by atoms with Crippen LogP contribution >= 0.6 is 11.3 Å². The molecule has 148 valence electrons. The van der Waals surface area contributed by atoms with Gasteiger partial charge in [0.15, 0.2) is 0 Å². The monoisotopic (exact) mass is 391 g/mol. The zero-order valence-electron chi connectivity index (χ0n) is 16.6. The van der Waals surface area contributed by atoms with Crippen LogP contribution in [0.1, 0.15) is 30.7 Å². The second-order valence-electron chi connectivity index (χ2n) is 7.63. The molecule has 0 bridgehead atoms. The second kappa shape index (κ2) is 7.59. The highest BCUT2D eigenvalue weighted by molar-refractivity contribution is 7.10. The molecule has 27 heavy (non-hydrogen) atoms. The van der Waals surface area contributed by atoms with Crippen molar-refractivity contribution in [1.82, 2.24) is 20.9 Å². The van der Waals surface area contributed by atoms with Crippen molar-refractivity contribution in [2.45, 2.75) is 38.9 Å². The molecule has 3 N–H and O–H groups in total. The molecule has 4 atom stereocenters. The van der Waals surface area contributed by atoms with Gasteiger partial charge in [-0.2, -0.15) is 0 Å². The minimum Gasteiger partial charge on any atom is -0.373 e. The summed E-state index contributed by atoms with van der Waals surface area (Å²) in [6.07, 6.45) is 0.738. The molecule has 1 aliphatic carbocycles. The fourth-order valence-electron chi connectivity index (χ4n) is 4.41. The number of thiophene rings is 1. The minimum absolute atomic E-state index is 0.00644. The number of aliphatic imine (C=N–C) groups is 1. The highest BCUT2D eigenvalue weighted by Gasteiger charge is 2.69. The van der Waals surface area contributed by atoms with Crippen LogP contribution in [-0.4, -0.2) is 62.3 Å². The Kier molecular flexibility index (Phi) is 5.58. The minimum atomic E-state index is -0.374. The van der Waals surface area contributed by atoms with E-state index in [1.54, 1.807) is 25.4 Å². The van der Waals surface area contributed by atoms with Crippen molar-refractivity contribution >= 4 is 29.0 Å². The average Bonchev–Trinajstić information content (AvgIpc) is 3.03. The third-order valence-corrected chi connectivity index (χ3v) is 7.03. The molecule has 2 fully saturated rings. The van der Waals surface area contributed by atoms with Crippen molar-refractivity contribution in [3.8, 4) is 0 Å². The summed E-state index contributed by atoms with van der Waals surface area (Å²) in [5.41, 5.74) is 1.09. The Morgan fingerprint density at radius 1 is 1.41 bits per heavy atom. The summed E-state index contributed by atoms with van der Waals surface area (Å²) in [5, 5.41) is 11.0. The van der Waals surface area contributed by atoms with Crippen LogP contribution in [0.15, 0.2) is 16.4 Å². The molecule has 0 aromatic carbocycles. The number of fused-ring (bicyclic) bond motifs is 1. The van der Waals surface area contributed by atoms with Crippen LogP contribution in [0.3, 0.4) is 0 Å². The van der Waals surface area contributed by atoms with Gasteiger partial charge in [-0.25, -0.2) is 0 Å². The summed E-state index contributed by atoms with van der Waals surface area (Å²) in [7, 11) is 5.34. The molecule has 0 spiro atoms. The molecule has 0 radical (unpaired) electrons. The maximum atomic E-state index is 12.8. The highest BCUT2D eigenvalue weighted by atomic mass is 32.1. The number of nitrogens with zero attached hydrogens (tertiary/aromatic N) is 2. The number of amides is 2. The van der Waals surface area contributed by atoms with Crippen LogP contribution in [0.4, 0.5) is 0 Å². The van der Waals surface area contributed by atoms with Crippen LogP contribution in [0.2, 0.25) is 0 Å². The van der Waals surface area contributed by atoms with Gasteiger partial charge in [0.05, 0.1) is 13.1 Å². The molecular formula is C19H29N5O2S. The van der Waals surface area contributed by atoms with E-state index in [0.717, 1.165) is 22.7 Å². The molecule has 1 saturated heterocycles. The largest absolute Gasteiger partial charge is 0.373 e. The SMILES string of the molecule is CN=C(NC)c1csc(CNC(=O)C2C[C@]3(C)C(C)C3N2C(=O)CNC)c1.